The zero-order valence-corrected chi connectivity index (χ0v) is 9.73. The molecule has 2 heterocycles. The Kier molecular flexibility index (Phi) is 2.71. The average molecular weight is 224 g/mol. The molecule has 0 spiro atoms. The Morgan fingerprint density at radius 1 is 1.56 bits per heavy atom. The predicted octanol–water partition coefficient (Wildman–Crippen LogP) is 1.20. The van der Waals surface area contributed by atoms with E-state index in [0.29, 0.717) is 13.0 Å². The minimum Gasteiger partial charge on any atom is -0.481 e. The third-order valence-electron chi connectivity index (χ3n) is 3.26. The predicted molar refractivity (Wildman–Crippen MR) is 57.1 cm³/mol. The molecule has 1 fully saturated rings. The molecule has 0 aromatic carbocycles. The zero-order chi connectivity index (χ0) is 11.9. The molecule has 1 aromatic heterocycles. The summed E-state index contributed by atoms with van der Waals surface area (Å²) in [6.07, 6.45) is 0.236. The molecular formula is C11H16N2O3. The minimum atomic E-state index is -0.787. The van der Waals surface area contributed by atoms with Crippen molar-refractivity contribution in [2.45, 2.75) is 26.4 Å². The fraction of sp³-hybridized carbons (Fsp3) is 0.636. The number of carbonyl (C=O) groups is 1. The van der Waals surface area contributed by atoms with Crippen LogP contribution in [0.2, 0.25) is 0 Å². The Balaban J connectivity index is 2.40. The Morgan fingerprint density at radius 3 is 2.75 bits per heavy atom. The number of aryl methyl sites for hydroxylation is 2. The first-order chi connectivity index (χ1) is 7.52. The molecule has 1 saturated heterocycles. The van der Waals surface area contributed by atoms with Crippen LogP contribution in [-0.2, 0) is 16.6 Å². The Bertz CT molecular complexity index is 425. The van der Waals surface area contributed by atoms with Gasteiger partial charge in [0.15, 0.2) is 0 Å². The van der Waals surface area contributed by atoms with Gasteiger partial charge in [0, 0.05) is 24.9 Å². The number of carboxylic acids is 1. The molecule has 5 nitrogen and oxygen atoms in total. The number of carboxylic acid groups (broad SMARTS) is 1. The molecule has 0 bridgehead atoms. The third-order valence-corrected chi connectivity index (χ3v) is 3.26. The van der Waals surface area contributed by atoms with Crippen LogP contribution in [0.25, 0.3) is 0 Å². The topological polar surface area (TPSA) is 64.4 Å². The van der Waals surface area contributed by atoms with E-state index in [1.165, 1.54) is 0 Å². The molecule has 5 heteroatoms. The highest BCUT2D eigenvalue weighted by molar-refractivity contribution is 5.71. The van der Waals surface area contributed by atoms with Gasteiger partial charge in [-0.2, -0.15) is 5.10 Å². The summed E-state index contributed by atoms with van der Waals surface area (Å²) in [6, 6.07) is 0. The van der Waals surface area contributed by atoms with Gasteiger partial charge in [0.1, 0.15) is 0 Å². The minimum absolute atomic E-state index is 0.341. The summed E-state index contributed by atoms with van der Waals surface area (Å²) in [5, 5.41) is 13.4. The van der Waals surface area contributed by atoms with E-state index in [0.717, 1.165) is 17.0 Å². The second-order valence-electron chi connectivity index (χ2n) is 4.23. The van der Waals surface area contributed by atoms with Crippen LogP contribution < -0.4 is 0 Å². The first kappa shape index (κ1) is 11.1. The lowest BCUT2D eigenvalue weighted by Crippen LogP contribution is -2.18. The van der Waals surface area contributed by atoms with Gasteiger partial charge < -0.3 is 9.84 Å². The lowest BCUT2D eigenvalue weighted by Gasteiger charge is -2.15. The van der Waals surface area contributed by atoms with Gasteiger partial charge >= 0.3 is 5.97 Å². The van der Waals surface area contributed by atoms with Crippen LogP contribution in [0.1, 0.15) is 29.5 Å². The van der Waals surface area contributed by atoms with Gasteiger partial charge in [-0.05, 0) is 20.3 Å². The Hall–Kier alpha value is -1.36. The first-order valence-electron chi connectivity index (χ1n) is 5.37. The van der Waals surface area contributed by atoms with Crippen molar-refractivity contribution in [1.29, 1.82) is 0 Å². The highest BCUT2D eigenvalue weighted by atomic mass is 16.5. The normalized spacial score (nSPS) is 24.9. The number of aromatic nitrogens is 2. The second-order valence-corrected chi connectivity index (χ2v) is 4.23. The molecule has 88 valence electrons. The van der Waals surface area contributed by atoms with E-state index >= 15 is 0 Å². The summed E-state index contributed by atoms with van der Waals surface area (Å²) < 4.78 is 7.32. The van der Waals surface area contributed by atoms with Crippen LogP contribution in [-0.4, -0.2) is 27.5 Å². The van der Waals surface area contributed by atoms with Gasteiger partial charge in [-0.1, -0.05) is 0 Å². The van der Waals surface area contributed by atoms with E-state index in [2.05, 4.69) is 5.10 Å². The molecule has 1 aliphatic heterocycles. The number of aliphatic carboxylic acids is 1. The number of ether oxygens (including phenoxy) is 1. The lowest BCUT2D eigenvalue weighted by atomic mass is 9.94. The fourth-order valence-electron chi connectivity index (χ4n) is 2.33. The molecule has 0 amide bonds. The van der Waals surface area contributed by atoms with Crippen molar-refractivity contribution in [2.75, 3.05) is 6.61 Å². The standard InChI is InChI=1S/C11H16N2O3/c1-6-9(7(2)13(3)12-6)10-8(11(14)15)4-5-16-10/h8,10H,4-5H2,1-3H3,(H,14,15)/t8-,10-/m1/s1. The fourth-order valence-corrected chi connectivity index (χ4v) is 2.33. The Labute approximate surface area is 94.0 Å². The van der Waals surface area contributed by atoms with E-state index in [9.17, 15) is 4.79 Å². The van der Waals surface area contributed by atoms with Crippen molar-refractivity contribution in [1.82, 2.24) is 9.78 Å². The lowest BCUT2D eigenvalue weighted by molar-refractivity contribution is -0.143. The van der Waals surface area contributed by atoms with E-state index in [4.69, 9.17) is 9.84 Å². The summed E-state index contributed by atoms with van der Waals surface area (Å²) in [5.74, 6) is -1.23. The van der Waals surface area contributed by atoms with Crippen LogP contribution in [0, 0.1) is 19.8 Å². The van der Waals surface area contributed by atoms with Gasteiger partial charge in [-0.3, -0.25) is 9.48 Å². The number of hydrogen-bond donors (Lipinski definition) is 1. The number of hydrogen-bond acceptors (Lipinski definition) is 3. The molecule has 2 atom stereocenters. The highest BCUT2D eigenvalue weighted by Crippen LogP contribution is 2.37. The second kappa shape index (κ2) is 3.90. The van der Waals surface area contributed by atoms with Crippen molar-refractivity contribution >= 4 is 5.97 Å². The summed E-state index contributed by atoms with van der Waals surface area (Å²) in [6.45, 7) is 4.34. The van der Waals surface area contributed by atoms with E-state index < -0.39 is 11.9 Å². The quantitative estimate of drug-likeness (QED) is 0.819. The molecule has 0 aliphatic carbocycles. The van der Waals surface area contributed by atoms with Crippen molar-refractivity contribution in [3.8, 4) is 0 Å². The highest BCUT2D eigenvalue weighted by Gasteiger charge is 2.37. The summed E-state index contributed by atoms with van der Waals surface area (Å²) in [4.78, 5) is 11.1. The SMILES string of the molecule is Cc1nn(C)c(C)c1[C@@H]1OCC[C@H]1C(=O)O. The van der Waals surface area contributed by atoms with E-state index in [1.54, 1.807) is 4.68 Å². The maximum Gasteiger partial charge on any atom is 0.309 e. The van der Waals surface area contributed by atoms with Crippen LogP contribution in [0.5, 0.6) is 0 Å². The monoisotopic (exact) mass is 224 g/mol. The summed E-state index contributed by atoms with van der Waals surface area (Å²) in [7, 11) is 1.86. The molecule has 16 heavy (non-hydrogen) atoms. The molecule has 0 unspecified atom stereocenters. The Morgan fingerprint density at radius 2 is 2.25 bits per heavy atom. The van der Waals surface area contributed by atoms with Crippen LogP contribution >= 0.6 is 0 Å². The maximum absolute atomic E-state index is 11.1. The van der Waals surface area contributed by atoms with Gasteiger partial charge in [-0.15, -0.1) is 0 Å². The average Bonchev–Trinajstić information content (AvgIpc) is 2.73. The van der Waals surface area contributed by atoms with Crippen LogP contribution in [0.15, 0.2) is 0 Å². The van der Waals surface area contributed by atoms with Gasteiger partial charge in [0.05, 0.1) is 17.7 Å². The molecule has 1 N–H and O–H groups in total. The molecule has 0 saturated carbocycles. The number of nitrogens with zero attached hydrogens (tertiary/aromatic N) is 2. The van der Waals surface area contributed by atoms with E-state index in [-0.39, 0.29) is 6.10 Å². The van der Waals surface area contributed by atoms with Crippen molar-refractivity contribution in [2.24, 2.45) is 13.0 Å². The van der Waals surface area contributed by atoms with E-state index in [1.807, 2.05) is 20.9 Å². The van der Waals surface area contributed by atoms with Gasteiger partial charge in [-0.25, -0.2) is 0 Å². The molecule has 1 aromatic rings. The maximum atomic E-state index is 11.1. The van der Waals surface area contributed by atoms with Crippen molar-refractivity contribution in [3.05, 3.63) is 17.0 Å². The van der Waals surface area contributed by atoms with Gasteiger partial charge in [0.25, 0.3) is 0 Å². The summed E-state index contributed by atoms with van der Waals surface area (Å²) >= 11 is 0. The van der Waals surface area contributed by atoms with Gasteiger partial charge in [0.2, 0.25) is 0 Å². The van der Waals surface area contributed by atoms with Crippen molar-refractivity contribution < 1.29 is 14.6 Å². The van der Waals surface area contributed by atoms with Crippen LogP contribution in [0.4, 0.5) is 0 Å². The molecule has 2 rings (SSSR count). The third kappa shape index (κ3) is 1.61. The summed E-state index contributed by atoms with van der Waals surface area (Å²) in [5.41, 5.74) is 2.78. The zero-order valence-electron chi connectivity index (χ0n) is 9.73. The smallest absolute Gasteiger partial charge is 0.309 e. The largest absolute Gasteiger partial charge is 0.481 e. The molecule has 0 radical (unpaired) electrons. The molecular weight excluding hydrogens is 208 g/mol. The van der Waals surface area contributed by atoms with Crippen molar-refractivity contribution in [3.63, 3.8) is 0 Å². The van der Waals surface area contributed by atoms with Crippen LogP contribution in [0.3, 0.4) is 0 Å². The first-order valence-corrected chi connectivity index (χ1v) is 5.37. The molecule has 1 aliphatic rings. The number of rotatable bonds is 2.